The van der Waals surface area contributed by atoms with Crippen molar-refractivity contribution in [2.24, 2.45) is 0 Å². The van der Waals surface area contributed by atoms with Crippen LogP contribution in [0.3, 0.4) is 0 Å². The molecule has 7 heteroatoms. The topological polar surface area (TPSA) is 62.2 Å². The van der Waals surface area contributed by atoms with E-state index in [4.69, 9.17) is 11.6 Å². The average molecular weight is 391 g/mol. The molecule has 1 fully saturated rings. The van der Waals surface area contributed by atoms with Crippen molar-refractivity contribution in [3.05, 3.63) is 64.4 Å². The fraction of sp³-hybridized carbons (Fsp3) is 0.300. The molecule has 3 rings (SSSR count). The van der Waals surface area contributed by atoms with Gasteiger partial charge in [-0.2, -0.15) is 0 Å². The molecule has 1 amide bonds. The molecule has 2 N–H and O–H groups in total. The van der Waals surface area contributed by atoms with Gasteiger partial charge in [0.2, 0.25) is 0 Å². The third-order valence-electron chi connectivity index (χ3n) is 4.35. The van der Waals surface area contributed by atoms with Gasteiger partial charge in [-0.05, 0) is 37.5 Å². The highest BCUT2D eigenvalue weighted by atomic mass is 35.5. The van der Waals surface area contributed by atoms with Crippen molar-refractivity contribution in [1.29, 1.82) is 0 Å². The summed E-state index contributed by atoms with van der Waals surface area (Å²) >= 11 is 5.92. The third kappa shape index (κ3) is 5.03. The second-order valence-electron chi connectivity index (χ2n) is 6.54. The Labute approximate surface area is 160 Å². The number of aromatic nitrogens is 1. The number of aliphatic hydroxyl groups is 1. The van der Waals surface area contributed by atoms with Gasteiger partial charge in [0.15, 0.2) is 11.5 Å². The van der Waals surface area contributed by atoms with Gasteiger partial charge in [0.1, 0.15) is 11.4 Å². The molecule has 27 heavy (non-hydrogen) atoms. The van der Waals surface area contributed by atoms with E-state index in [1.54, 1.807) is 24.3 Å². The molecule has 140 valence electrons. The first-order chi connectivity index (χ1) is 12.8. The van der Waals surface area contributed by atoms with Gasteiger partial charge >= 0.3 is 0 Å². The standard InChI is InChI=1S/C20H17ClF2N2O2/c21-14-4-1-3-13(9-14)6-8-20(27)7-2-5-16(11-20)25-19(26)18-17(23)10-15(22)12-24-18/h1,3-4,9-10,12,16,27H,2,5,7,11H2,(H,25,26)/t16-,20+/m1/s1. The van der Waals surface area contributed by atoms with Gasteiger partial charge in [-0.3, -0.25) is 4.79 Å². The maximum Gasteiger partial charge on any atom is 0.273 e. The number of amides is 1. The Morgan fingerprint density at radius 2 is 2.19 bits per heavy atom. The van der Waals surface area contributed by atoms with Gasteiger partial charge in [-0.15, -0.1) is 0 Å². The molecule has 1 heterocycles. The second-order valence-corrected chi connectivity index (χ2v) is 6.98. The van der Waals surface area contributed by atoms with Gasteiger partial charge in [-0.25, -0.2) is 13.8 Å². The van der Waals surface area contributed by atoms with E-state index in [9.17, 15) is 18.7 Å². The monoisotopic (exact) mass is 390 g/mol. The van der Waals surface area contributed by atoms with Crippen LogP contribution in [0, 0.1) is 23.5 Å². The molecular weight excluding hydrogens is 374 g/mol. The second kappa shape index (κ2) is 8.03. The zero-order valence-electron chi connectivity index (χ0n) is 14.3. The summed E-state index contributed by atoms with van der Waals surface area (Å²) in [6.07, 6.45) is 2.72. The molecule has 1 aromatic carbocycles. The smallest absolute Gasteiger partial charge is 0.273 e. The van der Waals surface area contributed by atoms with Gasteiger partial charge < -0.3 is 10.4 Å². The van der Waals surface area contributed by atoms with Crippen molar-refractivity contribution in [2.75, 3.05) is 0 Å². The lowest BCUT2D eigenvalue weighted by atomic mass is 9.82. The first-order valence-corrected chi connectivity index (χ1v) is 8.85. The van der Waals surface area contributed by atoms with Crippen LogP contribution >= 0.6 is 11.6 Å². The Bertz CT molecular complexity index is 926. The highest BCUT2D eigenvalue weighted by Crippen LogP contribution is 2.28. The van der Waals surface area contributed by atoms with Gasteiger partial charge in [0, 0.05) is 29.1 Å². The molecule has 2 atom stereocenters. The SMILES string of the molecule is O=C(N[C@@H]1CCC[C@](O)(C#Cc2cccc(Cl)c2)C1)c1ncc(F)cc1F. The number of halogens is 3. The van der Waals surface area contributed by atoms with E-state index >= 15 is 0 Å². The molecular formula is C20H17ClF2N2O2. The highest BCUT2D eigenvalue weighted by Gasteiger charge is 2.34. The molecule has 0 saturated heterocycles. The minimum atomic E-state index is -1.27. The van der Waals surface area contributed by atoms with E-state index < -0.39 is 34.9 Å². The van der Waals surface area contributed by atoms with E-state index in [0.717, 1.165) is 6.20 Å². The number of carbonyl (C=O) groups excluding carboxylic acids is 1. The van der Waals surface area contributed by atoms with Crippen LogP contribution in [-0.4, -0.2) is 27.6 Å². The lowest BCUT2D eigenvalue weighted by Crippen LogP contribution is -2.45. The molecule has 0 aliphatic heterocycles. The predicted molar refractivity (Wildman–Crippen MR) is 97.2 cm³/mol. The first-order valence-electron chi connectivity index (χ1n) is 8.48. The van der Waals surface area contributed by atoms with Crippen LogP contribution < -0.4 is 5.32 Å². The van der Waals surface area contributed by atoms with Crippen LogP contribution in [0.4, 0.5) is 8.78 Å². The van der Waals surface area contributed by atoms with Crippen molar-refractivity contribution < 1.29 is 18.7 Å². The zero-order chi connectivity index (χ0) is 19.4. The summed E-state index contributed by atoms with van der Waals surface area (Å²) in [6, 6.07) is 7.20. The number of carbonyl (C=O) groups is 1. The van der Waals surface area contributed by atoms with Crippen LogP contribution in [0.1, 0.15) is 41.7 Å². The largest absolute Gasteiger partial charge is 0.378 e. The van der Waals surface area contributed by atoms with E-state index in [-0.39, 0.29) is 6.42 Å². The fourth-order valence-corrected chi connectivity index (χ4v) is 3.27. The number of rotatable bonds is 2. The maximum atomic E-state index is 13.7. The molecule has 0 radical (unpaired) electrons. The molecule has 2 aromatic rings. The summed E-state index contributed by atoms with van der Waals surface area (Å²) < 4.78 is 26.6. The highest BCUT2D eigenvalue weighted by molar-refractivity contribution is 6.30. The zero-order valence-corrected chi connectivity index (χ0v) is 15.1. The Morgan fingerprint density at radius 1 is 1.37 bits per heavy atom. The number of hydrogen-bond acceptors (Lipinski definition) is 3. The van der Waals surface area contributed by atoms with Crippen molar-refractivity contribution >= 4 is 17.5 Å². The maximum absolute atomic E-state index is 13.7. The molecule has 1 aliphatic carbocycles. The summed E-state index contributed by atoms with van der Waals surface area (Å²) in [5.74, 6) is 3.14. The summed E-state index contributed by atoms with van der Waals surface area (Å²) in [4.78, 5) is 15.7. The van der Waals surface area contributed by atoms with E-state index in [1.165, 1.54) is 0 Å². The normalized spacial score (nSPS) is 21.9. The Balaban J connectivity index is 1.69. The van der Waals surface area contributed by atoms with Crippen molar-refractivity contribution in [3.63, 3.8) is 0 Å². The number of pyridine rings is 1. The molecule has 0 bridgehead atoms. The van der Waals surface area contributed by atoms with Crippen molar-refractivity contribution in [3.8, 4) is 11.8 Å². The Kier molecular flexibility index (Phi) is 5.73. The van der Waals surface area contributed by atoms with Crippen molar-refractivity contribution in [2.45, 2.75) is 37.3 Å². The minimum Gasteiger partial charge on any atom is -0.378 e. The van der Waals surface area contributed by atoms with Crippen LogP contribution in [0.5, 0.6) is 0 Å². The van der Waals surface area contributed by atoms with Crippen LogP contribution in [0.2, 0.25) is 5.02 Å². The average Bonchev–Trinajstić information content (AvgIpc) is 2.60. The molecule has 4 nitrogen and oxygen atoms in total. The Morgan fingerprint density at radius 3 is 2.93 bits per heavy atom. The Hall–Kier alpha value is -2.49. The third-order valence-corrected chi connectivity index (χ3v) is 4.58. The molecule has 1 aromatic heterocycles. The van der Waals surface area contributed by atoms with Gasteiger partial charge in [0.05, 0.1) is 6.20 Å². The van der Waals surface area contributed by atoms with E-state index in [1.807, 2.05) is 0 Å². The van der Waals surface area contributed by atoms with Crippen LogP contribution in [0.15, 0.2) is 36.5 Å². The molecule has 1 saturated carbocycles. The molecule has 0 spiro atoms. The summed E-state index contributed by atoms with van der Waals surface area (Å²) in [6.45, 7) is 0. The lowest BCUT2D eigenvalue weighted by Gasteiger charge is -2.33. The predicted octanol–water partition coefficient (Wildman–Crippen LogP) is 3.47. The quantitative estimate of drug-likeness (QED) is 0.772. The fourth-order valence-electron chi connectivity index (χ4n) is 3.08. The number of nitrogens with zero attached hydrogens (tertiary/aromatic N) is 1. The first kappa shape index (κ1) is 19.3. The number of nitrogens with one attached hydrogen (secondary N) is 1. The number of hydrogen-bond donors (Lipinski definition) is 2. The van der Waals surface area contributed by atoms with Gasteiger partial charge in [0.25, 0.3) is 5.91 Å². The van der Waals surface area contributed by atoms with E-state index in [0.29, 0.717) is 35.9 Å². The van der Waals surface area contributed by atoms with E-state index in [2.05, 4.69) is 22.1 Å². The summed E-state index contributed by atoms with van der Waals surface area (Å²) in [7, 11) is 0. The lowest BCUT2D eigenvalue weighted by molar-refractivity contribution is 0.0451. The minimum absolute atomic E-state index is 0.203. The summed E-state index contributed by atoms with van der Waals surface area (Å²) in [5.41, 5.74) is -1.07. The van der Waals surface area contributed by atoms with Crippen molar-refractivity contribution in [1.82, 2.24) is 10.3 Å². The van der Waals surface area contributed by atoms with Crippen LogP contribution in [-0.2, 0) is 0 Å². The van der Waals surface area contributed by atoms with Gasteiger partial charge in [-0.1, -0.05) is 29.5 Å². The number of benzene rings is 1. The summed E-state index contributed by atoms with van der Waals surface area (Å²) in [5, 5.41) is 13.9. The molecule has 1 aliphatic rings. The molecule has 0 unspecified atom stereocenters. The van der Waals surface area contributed by atoms with Crippen LogP contribution in [0.25, 0.3) is 0 Å².